The van der Waals surface area contributed by atoms with Crippen LogP contribution in [0.3, 0.4) is 0 Å². The number of hydrogen-bond acceptors (Lipinski definition) is 6. The lowest BCUT2D eigenvalue weighted by atomic mass is 9.52. The van der Waals surface area contributed by atoms with E-state index in [1.54, 1.807) is 45.3 Å². The third kappa shape index (κ3) is 4.49. The van der Waals surface area contributed by atoms with E-state index in [0.717, 1.165) is 22.5 Å². The molecule has 4 aromatic rings. The molecule has 2 amide bonds. The first kappa shape index (κ1) is 26.5. The van der Waals surface area contributed by atoms with Crippen LogP contribution in [0.25, 0.3) is 33.9 Å². The van der Waals surface area contributed by atoms with Gasteiger partial charge in [0.15, 0.2) is 0 Å². The van der Waals surface area contributed by atoms with E-state index in [9.17, 15) is 19.5 Å². The molecule has 2 aliphatic rings. The quantitative estimate of drug-likeness (QED) is 0.304. The minimum atomic E-state index is -1.14. The Morgan fingerprint density at radius 3 is 1.66 bits per heavy atom. The first-order chi connectivity index (χ1) is 19.5. The van der Waals surface area contributed by atoms with Crippen LogP contribution in [0.1, 0.15) is 40.0 Å². The van der Waals surface area contributed by atoms with Crippen LogP contribution in [-0.2, 0) is 14.4 Å². The number of aromatic nitrogens is 3. The Kier molecular flexibility index (Phi) is 6.10. The first-order valence-electron chi connectivity index (χ1n) is 13.6. The molecule has 0 radical (unpaired) electrons. The number of amides is 2. The van der Waals surface area contributed by atoms with Gasteiger partial charge in [0.1, 0.15) is 0 Å². The SMILES string of the molecule is CC1(C(=O)O)CC2(C)CC(C)(C1)C(=O)N(c1ccc(-c3cc(-c4ccccn4)nc(-c4ccccn4)c3)cc1)C2=O. The summed E-state index contributed by atoms with van der Waals surface area (Å²) in [5, 5.41) is 9.91. The normalized spacial score (nSPS) is 25.7. The zero-order chi connectivity index (χ0) is 29.0. The van der Waals surface area contributed by atoms with Crippen molar-refractivity contribution in [1.82, 2.24) is 15.0 Å². The van der Waals surface area contributed by atoms with Crippen LogP contribution in [-0.4, -0.2) is 37.8 Å². The van der Waals surface area contributed by atoms with E-state index in [4.69, 9.17) is 4.98 Å². The van der Waals surface area contributed by atoms with Crippen molar-refractivity contribution in [2.24, 2.45) is 16.2 Å². The van der Waals surface area contributed by atoms with E-state index in [0.29, 0.717) is 23.5 Å². The van der Waals surface area contributed by atoms with Crippen molar-refractivity contribution in [3.8, 4) is 33.9 Å². The first-order valence-corrected chi connectivity index (χ1v) is 13.6. The number of carbonyl (C=O) groups is 3. The maximum Gasteiger partial charge on any atom is 0.309 e. The molecule has 2 fully saturated rings. The highest BCUT2D eigenvalue weighted by Gasteiger charge is 2.63. The van der Waals surface area contributed by atoms with Gasteiger partial charge in [0.2, 0.25) is 11.8 Å². The molecule has 8 heteroatoms. The number of fused-ring (bicyclic) bond motifs is 2. The van der Waals surface area contributed by atoms with E-state index in [-0.39, 0.29) is 24.7 Å². The third-order valence-corrected chi connectivity index (χ3v) is 8.43. The lowest BCUT2D eigenvalue weighted by Crippen LogP contribution is -2.64. The predicted molar refractivity (Wildman–Crippen MR) is 154 cm³/mol. The van der Waals surface area contributed by atoms with Crippen LogP contribution in [0.4, 0.5) is 5.69 Å². The summed E-state index contributed by atoms with van der Waals surface area (Å²) in [6.45, 7) is 5.22. The molecule has 1 aliphatic carbocycles. The molecule has 206 valence electrons. The summed E-state index contributed by atoms with van der Waals surface area (Å²) in [5.41, 5.74) is 2.05. The molecule has 1 aliphatic heterocycles. The number of piperidine rings is 1. The smallest absolute Gasteiger partial charge is 0.309 e. The average Bonchev–Trinajstić information content (AvgIpc) is 2.97. The molecule has 1 saturated carbocycles. The fourth-order valence-corrected chi connectivity index (χ4v) is 6.88. The monoisotopic (exact) mass is 546 g/mol. The highest BCUT2D eigenvalue weighted by atomic mass is 16.4. The molecule has 1 aromatic carbocycles. The molecule has 8 nitrogen and oxygen atoms in total. The van der Waals surface area contributed by atoms with Gasteiger partial charge in [-0.3, -0.25) is 24.4 Å². The van der Waals surface area contributed by atoms with Crippen molar-refractivity contribution in [3.63, 3.8) is 0 Å². The predicted octanol–water partition coefficient (Wildman–Crippen LogP) is 6.03. The second kappa shape index (κ2) is 9.44. The lowest BCUT2D eigenvalue weighted by molar-refractivity contribution is -0.167. The molecule has 0 spiro atoms. The van der Waals surface area contributed by atoms with Crippen LogP contribution in [0.2, 0.25) is 0 Å². The van der Waals surface area contributed by atoms with Crippen molar-refractivity contribution >= 4 is 23.5 Å². The Morgan fingerprint density at radius 1 is 0.707 bits per heavy atom. The van der Waals surface area contributed by atoms with Crippen molar-refractivity contribution < 1.29 is 19.5 Å². The van der Waals surface area contributed by atoms with E-state index in [1.807, 2.05) is 60.7 Å². The topological polar surface area (TPSA) is 113 Å². The van der Waals surface area contributed by atoms with Crippen LogP contribution in [0, 0.1) is 16.2 Å². The number of hydrogen-bond donors (Lipinski definition) is 1. The summed E-state index contributed by atoms with van der Waals surface area (Å²) in [4.78, 5) is 54.7. The minimum absolute atomic E-state index is 0.190. The number of carboxylic acids is 1. The third-order valence-electron chi connectivity index (χ3n) is 8.43. The fraction of sp³-hybridized carbons (Fsp3) is 0.273. The Balaban J connectivity index is 1.38. The van der Waals surface area contributed by atoms with Gasteiger partial charge in [-0.15, -0.1) is 0 Å². The second-order valence-corrected chi connectivity index (χ2v) is 12.1. The lowest BCUT2D eigenvalue weighted by Gasteiger charge is -2.55. The zero-order valence-electron chi connectivity index (χ0n) is 23.2. The standard InChI is InChI=1S/C33H30N4O4/c1-31-18-32(2,20-33(3,19-31)30(40)41)29(39)37(28(31)38)23-12-10-21(11-13-23)22-16-26(24-8-4-6-14-34-24)36-27(17-22)25-9-5-7-15-35-25/h4-17H,18-20H2,1-3H3,(H,40,41). The molecule has 2 bridgehead atoms. The highest BCUT2D eigenvalue weighted by Crippen LogP contribution is 2.59. The number of benzene rings is 1. The van der Waals surface area contributed by atoms with Gasteiger partial charge in [-0.05, 0) is 85.8 Å². The number of imide groups is 1. The largest absolute Gasteiger partial charge is 0.481 e. The van der Waals surface area contributed by atoms with Crippen molar-refractivity contribution in [2.45, 2.75) is 40.0 Å². The summed E-state index contributed by atoms with van der Waals surface area (Å²) < 4.78 is 0. The van der Waals surface area contributed by atoms with Crippen LogP contribution in [0.5, 0.6) is 0 Å². The van der Waals surface area contributed by atoms with Gasteiger partial charge in [-0.25, -0.2) is 9.88 Å². The fourth-order valence-electron chi connectivity index (χ4n) is 6.88. The molecule has 6 rings (SSSR count). The van der Waals surface area contributed by atoms with Gasteiger partial charge in [-0.2, -0.15) is 0 Å². The van der Waals surface area contributed by atoms with E-state index in [1.165, 1.54) is 4.90 Å². The molecular weight excluding hydrogens is 516 g/mol. The van der Waals surface area contributed by atoms with E-state index < -0.39 is 22.2 Å². The summed E-state index contributed by atoms with van der Waals surface area (Å²) in [6, 6.07) is 22.6. The molecule has 2 atom stereocenters. The van der Waals surface area contributed by atoms with Gasteiger partial charge in [0, 0.05) is 23.2 Å². The molecule has 4 heterocycles. The van der Waals surface area contributed by atoms with Gasteiger partial charge < -0.3 is 5.11 Å². The van der Waals surface area contributed by atoms with Gasteiger partial charge >= 0.3 is 5.97 Å². The number of nitrogens with zero attached hydrogens (tertiary/aromatic N) is 4. The maximum absolute atomic E-state index is 13.8. The average molecular weight is 547 g/mol. The summed E-state index contributed by atoms with van der Waals surface area (Å²) >= 11 is 0. The van der Waals surface area contributed by atoms with Crippen molar-refractivity contribution in [1.29, 1.82) is 0 Å². The second-order valence-electron chi connectivity index (χ2n) is 12.1. The van der Waals surface area contributed by atoms with Gasteiger partial charge in [0.25, 0.3) is 0 Å². The number of rotatable bonds is 5. The summed E-state index contributed by atoms with van der Waals surface area (Å²) in [6.07, 6.45) is 4.17. The maximum atomic E-state index is 13.8. The molecule has 1 saturated heterocycles. The molecule has 1 N–H and O–H groups in total. The number of carboxylic acid groups (broad SMARTS) is 1. The number of aliphatic carboxylic acids is 1. The van der Waals surface area contributed by atoms with Crippen LogP contribution in [0.15, 0.2) is 85.2 Å². The summed E-state index contributed by atoms with van der Waals surface area (Å²) in [7, 11) is 0. The molecular formula is C33H30N4O4. The number of anilines is 1. The van der Waals surface area contributed by atoms with E-state index in [2.05, 4.69) is 9.97 Å². The zero-order valence-corrected chi connectivity index (χ0v) is 23.2. The Bertz CT molecular complexity index is 1590. The van der Waals surface area contributed by atoms with E-state index >= 15 is 0 Å². The Hall–Kier alpha value is -4.72. The minimum Gasteiger partial charge on any atom is -0.481 e. The number of pyridine rings is 3. The Labute approximate surface area is 238 Å². The Morgan fingerprint density at radius 2 is 1.22 bits per heavy atom. The molecule has 2 unspecified atom stereocenters. The van der Waals surface area contributed by atoms with Gasteiger partial charge in [0.05, 0.1) is 33.9 Å². The van der Waals surface area contributed by atoms with Crippen LogP contribution >= 0.6 is 0 Å². The van der Waals surface area contributed by atoms with Gasteiger partial charge in [-0.1, -0.05) is 38.1 Å². The summed E-state index contributed by atoms with van der Waals surface area (Å²) in [5.74, 6) is -1.67. The highest BCUT2D eigenvalue weighted by molar-refractivity contribution is 6.21. The molecule has 41 heavy (non-hydrogen) atoms. The number of carbonyl (C=O) groups excluding carboxylic acids is 2. The van der Waals surface area contributed by atoms with Crippen molar-refractivity contribution in [2.75, 3.05) is 4.90 Å². The molecule has 3 aromatic heterocycles. The van der Waals surface area contributed by atoms with Crippen LogP contribution < -0.4 is 4.90 Å². The van der Waals surface area contributed by atoms with Crippen molar-refractivity contribution in [3.05, 3.63) is 85.2 Å².